The number of thioether (sulfide) groups is 1. The lowest BCUT2D eigenvalue weighted by Gasteiger charge is -1.98. The minimum atomic E-state index is -0.221. The highest BCUT2D eigenvalue weighted by atomic mass is 32.2. The number of hydrogen-bond donors (Lipinski definition) is 0. The van der Waals surface area contributed by atoms with Gasteiger partial charge in [-0.3, -0.25) is 4.79 Å². The van der Waals surface area contributed by atoms with Crippen molar-refractivity contribution in [3.05, 3.63) is 6.33 Å². The van der Waals surface area contributed by atoms with Gasteiger partial charge in [0.25, 0.3) is 5.22 Å². The maximum Gasteiger partial charge on any atom is 0.345 e. The van der Waals surface area contributed by atoms with Crippen LogP contribution in [0.2, 0.25) is 0 Å². The van der Waals surface area contributed by atoms with Gasteiger partial charge in [-0.1, -0.05) is 5.10 Å². The van der Waals surface area contributed by atoms with Crippen LogP contribution in [-0.4, -0.2) is 37.6 Å². The predicted molar refractivity (Wildman–Crippen MR) is 48.3 cm³/mol. The zero-order valence-corrected chi connectivity index (χ0v) is 8.31. The topological polar surface area (TPSA) is 82.5 Å². The molecule has 2 aromatic heterocycles. The second-order valence-electron chi connectivity index (χ2n) is 2.99. The Hall–Kier alpha value is -1.57. The number of rotatable bonds is 2. The van der Waals surface area contributed by atoms with Crippen molar-refractivity contribution in [2.75, 3.05) is 6.61 Å². The molecule has 0 spiro atoms. The molecule has 0 radical (unpaired) electrons. The van der Waals surface area contributed by atoms with Crippen molar-refractivity contribution in [1.29, 1.82) is 0 Å². The van der Waals surface area contributed by atoms with Crippen molar-refractivity contribution >= 4 is 23.6 Å². The third-order valence-electron chi connectivity index (χ3n) is 2.00. The first-order valence-electron chi connectivity index (χ1n) is 4.33. The Morgan fingerprint density at radius 2 is 2.53 bits per heavy atom. The first-order valence-corrected chi connectivity index (χ1v) is 5.21. The molecule has 7 nitrogen and oxygen atoms in total. The van der Waals surface area contributed by atoms with Crippen LogP contribution in [0.25, 0.3) is 5.84 Å². The molecule has 0 saturated carbocycles. The fourth-order valence-electron chi connectivity index (χ4n) is 1.30. The summed E-state index contributed by atoms with van der Waals surface area (Å²) < 4.78 is 11.5. The monoisotopic (exact) mass is 226 g/mol. The minimum absolute atomic E-state index is 0.214. The molecule has 0 bridgehead atoms. The number of esters is 1. The first kappa shape index (κ1) is 8.72. The van der Waals surface area contributed by atoms with Gasteiger partial charge in [-0.25, -0.2) is 0 Å². The number of carbonyl (C=O) groups is 1. The van der Waals surface area contributed by atoms with Crippen molar-refractivity contribution in [2.24, 2.45) is 0 Å². The van der Waals surface area contributed by atoms with Gasteiger partial charge in [0.1, 0.15) is 11.6 Å². The molecule has 2 aromatic rings. The highest BCUT2D eigenvalue weighted by Gasteiger charge is 2.29. The van der Waals surface area contributed by atoms with Crippen molar-refractivity contribution < 1.29 is 13.9 Å². The maximum absolute atomic E-state index is 11.2. The summed E-state index contributed by atoms with van der Waals surface area (Å²) in [5.74, 6) is 0.109. The number of aromatic nitrogens is 4. The highest BCUT2D eigenvalue weighted by Crippen LogP contribution is 2.28. The summed E-state index contributed by atoms with van der Waals surface area (Å²) in [6, 6.07) is 0. The molecule has 8 heteroatoms. The zero-order chi connectivity index (χ0) is 10.3. The van der Waals surface area contributed by atoms with Gasteiger partial charge in [-0.15, -0.1) is 10.2 Å². The van der Waals surface area contributed by atoms with Crippen LogP contribution < -0.4 is 0 Å². The van der Waals surface area contributed by atoms with Gasteiger partial charge in [-0.2, -0.15) is 4.52 Å². The van der Waals surface area contributed by atoms with E-state index in [9.17, 15) is 4.79 Å². The third kappa shape index (κ3) is 1.46. The second kappa shape index (κ2) is 3.23. The Bertz CT molecular complexity index is 479. The molecule has 0 aromatic carbocycles. The van der Waals surface area contributed by atoms with Crippen molar-refractivity contribution in [2.45, 2.75) is 16.9 Å². The molecule has 3 rings (SSSR count). The summed E-state index contributed by atoms with van der Waals surface area (Å²) in [4.78, 5) is 11.2. The van der Waals surface area contributed by atoms with Gasteiger partial charge < -0.3 is 9.15 Å². The van der Waals surface area contributed by atoms with Crippen LogP contribution in [0.3, 0.4) is 0 Å². The van der Waals surface area contributed by atoms with E-state index in [1.807, 2.05) is 0 Å². The Morgan fingerprint density at radius 1 is 1.60 bits per heavy atom. The van der Waals surface area contributed by atoms with Gasteiger partial charge in [-0.05, 0) is 11.8 Å². The Kier molecular flexibility index (Phi) is 1.88. The lowest BCUT2D eigenvalue weighted by Crippen LogP contribution is -2.09. The number of ether oxygens (including phenoxy) is 1. The van der Waals surface area contributed by atoms with Crippen LogP contribution >= 0.6 is 11.8 Å². The standard InChI is InChI=1S/C7H6N4O3S/c12-5-4(1-2-13-5)15-7-10-11-3-8-9-6(11)14-7/h3-4H,1-2H2/t4-/m1/s1. The fourth-order valence-corrected chi connectivity index (χ4v) is 2.17. The van der Waals surface area contributed by atoms with Crippen molar-refractivity contribution in [3.63, 3.8) is 0 Å². The van der Waals surface area contributed by atoms with E-state index in [1.165, 1.54) is 22.6 Å². The average Bonchev–Trinajstić information content (AvgIpc) is 2.83. The molecule has 1 saturated heterocycles. The number of nitrogens with zero attached hydrogens (tertiary/aromatic N) is 4. The van der Waals surface area contributed by atoms with Crippen molar-refractivity contribution in [1.82, 2.24) is 19.8 Å². The van der Waals surface area contributed by atoms with E-state index in [1.54, 1.807) is 0 Å². The Labute approximate surface area is 87.8 Å². The molecule has 0 N–H and O–H groups in total. The largest absolute Gasteiger partial charge is 0.465 e. The van der Waals surface area contributed by atoms with Gasteiger partial charge in [0, 0.05) is 6.42 Å². The molecule has 1 atom stereocenters. The maximum atomic E-state index is 11.2. The molecule has 78 valence electrons. The molecular formula is C7H6N4O3S. The van der Waals surface area contributed by atoms with E-state index in [4.69, 9.17) is 9.15 Å². The van der Waals surface area contributed by atoms with Crippen molar-refractivity contribution in [3.8, 4) is 0 Å². The normalized spacial score (nSPS) is 21.1. The van der Waals surface area contributed by atoms with Gasteiger partial charge in [0.15, 0.2) is 0 Å². The minimum Gasteiger partial charge on any atom is -0.465 e. The summed E-state index contributed by atoms with van der Waals surface area (Å²) in [6.07, 6.45) is 2.13. The molecule has 15 heavy (non-hydrogen) atoms. The molecule has 0 aliphatic carbocycles. The quantitative estimate of drug-likeness (QED) is 0.673. The molecule has 1 aliphatic heterocycles. The summed E-state index contributed by atoms with van der Waals surface area (Å²) in [5, 5.41) is 11.5. The van der Waals surface area contributed by atoms with E-state index in [-0.39, 0.29) is 11.2 Å². The lowest BCUT2D eigenvalue weighted by molar-refractivity contribution is -0.137. The van der Waals surface area contributed by atoms with Gasteiger partial charge in [0.2, 0.25) is 0 Å². The second-order valence-corrected chi connectivity index (χ2v) is 4.14. The number of fused-ring (bicyclic) bond motifs is 1. The first-order chi connectivity index (χ1) is 7.33. The number of carbonyl (C=O) groups excluding carboxylic acids is 1. The van der Waals surface area contributed by atoms with E-state index in [0.717, 1.165) is 0 Å². The predicted octanol–water partition coefficient (Wildman–Crippen LogP) is 0.125. The molecule has 3 heterocycles. The summed E-state index contributed by atoms with van der Waals surface area (Å²) in [5.41, 5.74) is 0. The smallest absolute Gasteiger partial charge is 0.345 e. The van der Waals surface area contributed by atoms with Crippen LogP contribution in [0.5, 0.6) is 0 Å². The van der Waals surface area contributed by atoms with Crippen LogP contribution in [0.4, 0.5) is 0 Å². The van der Waals surface area contributed by atoms with Crippen LogP contribution in [-0.2, 0) is 9.53 Å². The van der Waals surface area contributed by atoms with Crippen LogP contribution in [0.1, 0.15) is 6.42 Å². The number of cyclic esters (lactones) is 1. The van der Waals surface area contributed by atoms with E-state index in [2.05, 4.69) is 15.3 Å². The molecule has 1 aliphatic rings. The van der Waals surface area contributed by atoms with Crippen LogP contribution in [0.15, 0.2) is 16.0 Å². The lowest BCUT2D eigenvalue weighted by atomic mass is 10.4. The highest BCUT2D eigenvalue weighted by molar-refractivity contribution is 8.00. The third-order valence-corrected chi connectivity index (χ3v) is 3.08. The van der Waals surface area contributed by atoms with Gasteiger partial charge >= 0.3 is 11.8 Å². The fraction of sp³-hybridized carbons (Fsp3) is 0.429. The summed E-state index contributed by atoms with van der Waals surface area (Å²) in [6.45, 7) is 0.468. The Balaban J connectivity index is 1.83. The SMILES string of the molecule is O=C1OCC[C@H]1Sc1nn2cnnc2o1. The Morgan fingerprint density at radius 3 is 3.27 bits per heavy atom. The van der Waals surface area contributed by atoms with E-state index in [0.29, 0.717) is 24.1 Å². The molecule has 0 unspecified atom stereocenters. The van der Waals surface area contributed by atoms with Crippen LogP contribution in [0, 0.1) is 0 Å². The number of hydrogen-bond acceptors (Lipinski definition) is 7. The van der Waals surface area contributed by atoms with E-state index >= 15 is 0 Å². The average molecular weight is 226 g/mol. The summed E-state index contributed by atoms with van der Waals surface area (Å²) in [7, 11) is 0. The zero-order valence-electron chi connectivity index (χ0n) is 7.49. The molecule has 1 fully saturated rings. The van der Waals surface area contributed by atoms with E-state index < -0.39 is 0 Å². The molecular weight excluding hydrogens is 220 g/mol. The molecule has 0 amide bonds. The van der Waals surface area contributed by atoms with Gasteiger partial charge in [0.05, 0.1) is 6.61 Å². The summed E-state index contributed by atoms with van der Waals surface area (Å²) >= 11 is 1.25.